The molecule has 0 N–H and O–H groups in total. The third-order valence-corrected chi connectivity index (χ3v) is 5.25. The molecule has 0 rings (SSSR count). The zero-order chi connectivity index (χ0) is 39.7. The van der Waals surface area contributed by atoms with Crippen LogP contribution < -0.4 is 0 Å². The Labute approximate surface area is 239 Å². The fraction of sp³-hybridized carbons (Fsp3) is 0.875. The van der Waals surface area contributed by atoms with Crippen molar-refractivity contribution in [3.8, 4) is 0 Å². The van der Waals surface area contributed by atoms with Gasteiger partial charge in [0.25, 0.3) is 0 Å². The van der Waals surface area contributed by atoms with Gasteiger partial charge in [-0.25, -0.2) is 36.9 Å². The molecule has 0 radical (unpaired) electrons. The van der Waals surface area contributed by atoms with Crippen LogP contribution in [0.4, 0.5) is 123 Å². The molecule has 0 aromatic rings. The first kappa shape index (κ1) is 45.0. The summed E-state index contributed by atoms with van der Waals surface area (Å²) in [5.74, 6) is -113. The van der Waals surface area contributed by atoms with E-state index in [0.29, 0.717) is 0 Å². The van der Waals surface area contributed by atoms with Gasteiger partial charge in [-0.3, -0.25) is 0 Å². The van der Waals surface area contributed by atoms with Crippen molar-refractivity contribution < 1.29 is 142 Å². The minimum Gasteiger partial charge on any atom is -0.240 e. The van der Waals surface area contributed by atoms with Crippen LogP contribution in [0, 0.1) is 0 Å². The quantitative estimate of drug-likeness (QED) is 0.101. The number of carbonyl (C=O) groups excluding carboxylic acids is 2. The third-order valence-electron chi connectivity index (χ3n) is 5.25. The fourth-order valence-electron chi connectivity index (χ4n) is 2.31. The molecule has 286 valence electrons. The number of hydrogen-bond acceptors (Lipinski definition) is 4. The summed E-state index contributed by atoms with van der Waals surface area (Å²) in [6.07, 6.45) is -12.4. The molecule has 0 aliphatic rings. The van der Waals surface area contributed by atoms with Crippen molar-refractivity contribution in [2.24, 2.45) is 0 Å². The molecule has 0 aliphatic carbocycles. The Kier molecular flexibility index (Phi) is 11.1. The summed E-state index contributed by atoms with van der Waals surface area (Å²) in [6, 6.07) is 0. The zero-order valence-electron chi connectivity index (χ0n) is 20.4. The van der Waals surface area contributed by atoms with Crippen LogP contribution in [0.5, 0.6) is 0 Å². The SMILES string of the molecule is O=C(OOC(=O)C(F)(F)C(F)(F)C(F)(F)C(F)(F)C(F)(F)C(F)(F)C(F)(F)C(F)F)C(F)(F)C(F)(F)C(F)(F)C(F)(F)C(F)(F)C(F)F. The molecule has 0 atom stereocenters. The Morgan fingerprint density at radius 2 is 0.479 bits per heavy atom. The van der Waals surface area contributed by atoms with E-state index in [9.17, 15) is 133 Å². The molecule has 0 fully saturated rings. The predicted octanol–water partition coefficient (Wildman–Crippen LogP) is 8.14. The minimum absolute atomic E-state index is 1.72. The van der Waals surface area contributed by atoms with E-state index in [1.165, 1.54) is 0 Å². The van der Waals surface area contributed by atoms with Crippen molar-refractivity contribution in [2.45, 2.75) is 83.9 Å². The largest absolute Gasteiger partial charge is 0.431 e. The second kappa shape index (κ2) is 11.8. The van der Waals surface area contributed by atoms with Gasteiger partial charge in [0.1, 0.15) is 0 Å². The van der Waals surface area contributed by atoms with Gasteiger partial charge < -0.3 is 0 Å². The van der Waals surface area contributed by atoms with Crippen LogP contribution in [0.15, 0.2) is 0 Å². The zero-order valence-corrected chi connectivity index (χ0v) is 20.4. The van der Waals surface area contributed by atoms with Gasteiger partial charge in [0, 0.05) is 0 Å². The van der Waals surface area contributed by atoms with Crippen molar-refractivity contribution in [1.29, 1.82) is 0 Å². The summed E-state index contributed by atoms with van der Waals surface area (Å²) in [7, 11) is 0. The fourth-order valence-corrected chi connectivity index (χ4v) is 2.31. The van der Waals surface area contributed by atoms with Crippen molar-refractivity contribution in [3.63, 3.8) is 0 Å². The molecule has 0 aromatic heterocycles. The van der Waals surface area contributed by atoms with Gasteiger partial charge >= 0.3 is 95.9 Å². The lowest BCUT2D eigenvalue weighted by molar-refractivity contribution is -0.445. The number of rotatable bonds is 14. The standard InChI is InChI=1S/C16H2F28O4/c17-1(18)5(21,22)9(29,30)13(37,38)11(33,34)7(25,26)3(45)47-48-4(46)8(27,28)12(35,36)15(41,42)16(43,44)14(39,40)10(31,32)6(23,24)2(19)20/h1-2H. The molecule has 4 nitrogen and oxygen atoms in total. The van der Waals surface area contributed by atoms with Crippen molar-refractivity contribution in [3.05, 3.63) is 0 Å². The average molecular weight is 790 g/mol. The Morgan fingerprint density at radius 1 is 0.312 bits per heavy atom. The number of alkyl halides is 28. The molecule has 0 saturated carbocycles. The van der Waals surface area contributed by atoms with Crippen molar-refractivity contribution in [1.82, 2.24) is 0 Å². The van der Waals surface area contributed by atoms with Gasteiger partial charge in [0.2, 0.25) is 0 Å². The highest BCUT2D eigenvalue weighted by atomic mass is 19.4. The van der Waals surface area contributed by atoms with Crippen LogP contribution in [0.2, 0.25) is 0 Å². The maximum Gasteiger partial charge on any atom is 0.431 e. The van der Waals surface area contributed by atoms with E-state index in [2.05, 4.69) is 0 Å². The van der Waals surface area contributed by atoms with Crippen LogP contribution in [-0.2, 0) is 19.4 Å². The highest BCUT2D eigenvalue weighted by molar-refractivity contribution is 5.82. The molecule has 0 aliphatic heterocycles. The molecular formula is C16H2F28O4. The Balaban J connectivity index is 6.63. The van der Waals surface area contributed by atoms with Crippen LogP contribution in [-0.4, -0.2) is 95.9 Å². The predicted molar refractivity (Wildman–Crippen MR) is 83.6 cm³/mol. The van der Waals surface area contributed by atoms with Crippen molar-refractivity contribution in [2.75, 3.05) is 0 Å². The number of hydrogen-bond donors (Lipinski definition) is 0. The van der Waals surface area contributed by atoms with Gasteiger partial charge in [-0.05, 0) is 0 Å². The lowest BCUT2D eigenvalue weighted by Crippen LogP contribution is -2.74. The molecule has 48 heavy (non-hydrogen) atoms. The molecule has 0 bridgehead atoms. The van der Waals surface area contributed by atoms with Crippen LogP contribution in [0.25, 0.3) is 0 Å². The maximum absolute atomic E-state index is 13.6. The van der Waals surface area contributed by atoms with E-state index in [4.69, 9.17) is 0 Å². The number of halogens is 28. The average Bonchev–Trinajstić information content (AvgIpc) is 2.89. The monoisotopic (exact) mass is 790 g/mol. The molecule has 0 heterocycles. The molecule has 32 heteroatoms. The first-order chi connectivity index (χ1) is 20.4. The molecular weight excluding hydrogens is 788 g/mol. The molecule has 0 spiro atoms. The van der Waals surface area contributed by atoms with Crippen molar-refractivity contribution >= 4 is 11.9 Å². The van der Waals surface area contributed by atoms with Crippen LogP contribution >= 0.6 is 0 Å². The smallest absolute Gasteiger partial charge is 0.240 e. The van der Waals surface area contributed by atoms with E-state index in [1.807, 2.05) is 0 Å². The lowest BCUT2D eigenvalue weighted by atomic mass is 9.89. The van der Waals surface area contributed by atoms with E-state index in [0.717, 1.165) is 0 Å². The van der Waals surface area contributed by atoms with Gasteiger partial charge in [-0.2, -0.15) is 105 Å². The highest BCUT2D eigenvalue weighted by Gasteiger charge is 2.95. The third kappa shape index (κ3) is 5.63. The van der Waals surface area contributed by atoms with E-state index in [-0.39, 0.29) is 0 Å². The first-order valence-corrected chi connectivity index (χ1v) is 9.97. The van der Waals surface area contributed by atoms with E-state index >= 15 is 0 Å². The summed E-state index contributed by atoms with van der Waals surface area (Å²) in [5, 5.41) is 0. The second-order valence-corrected chi connectivity index (χ2v) is 8.33. The van der Waals surface area contributed by atoms with E-state index < -0.39 is 95.9 Å². The molecule has 0 saturated heterocycles. The second-order valence-electron chi connectivity index (χ2n) is 8.33. The summed E-state index contributed by atoms with van der Waals surface area (Å²) in [5.41, 5.74) is 0. The Hall–Kier alpha value is -3.02. The summed E-state index contributed by atoms with van der Waals surface area (Å²) < 4.78 is 366. The van der Waals surface area contributed by atoms with Crippen LogP contribution in [0.1, 0.15) is 0 Å². The molecule has 0 aromatic carbocycles. The van der Waals surface area contributed by atoms with Gasteiger partial charge in [0.05, 0.1) is 0 Å². The Morgan fingerprint density at radius 3 is 0.688 bits per heavy atom. The molecule has 0 amide bonds. The summed E-state index contributed by atoms with van der Waals surface area (Å²) in [4.78, 5) is 25.2. The first-order valence-electron chi connectivity index (χ1n) is 9.97. The van der Waals surface area contributed by atoms with E-state index in [1.54, 1.807) is 9.78 Å². The summed E-state index contributed by atoms with van der Waals surface area (Å²) >= 11 is 0. The maximum atomic E-state index is 13.6. The van der Waals surface area contributed by atoms with Gasteiger partial charge in [0.15, 0.2) is 0 Å². The topological polar surface area (TPSA) is 52.6 Å². The summed E-state index contributed by atoms with van der Waals surface area (Å²) in [6.45, 7) is 0. The van der Waals surface area contributed by atoms with Gasteiger partial charge in [-0.15, -0.1) is 0 Å². The molecule has 0 unspecified atom stereocenters. The number of carbonyl (C=O) groups is 2. The Bertz CT molecular complexity index is 1200. The minimum atomic E-state index is -9.18. The lowest BCUT2D eigenvalue weighted by Gasteiger charge is -2.41. The van der Waals surface area contributed by atoms with Crippen LogP contribution in [0.3, 0.4) is 0 Å². The normalized spacial score (nSPS) is 16.0. The van der Waals surface area contributed by atoms with Gasteiger partial charge in [-0.1, -0.05) is 0 Å². The highest BCUT2D eigenvalue weighted by Crippen LogP contribution is 2.63.